The summed E-state index contributed by atoms with van der Waals surface area (Å²) in [5.74, 6) is -0.436. The number of carbonyl (C=O) groups excluding carboxylic acids is 2. The smallest absolute Gasteiger partial charge is 0.260 e. The van der Waals surface area contributed by atoms with Gasteiger partial charge in [-0.05, 0) is 36.2 Å². The normalized spacial score (nSPS) is 15.3. The number of hydrogen-bond donors (Lipinski definition) is 1. The van der Waals surface area contributed by atoms with E-state index in [2.05, 4.69) is 4.90 Å². The van der Waals surface area contributed by atoms with Crippen LogP contribution in [-0.4, -0.2) is 69.1 Å². The standard InChI is InChI=1S/C22H27N3O5S/c1-31(28,29)18-9-7-17(8-10-18)15-24-11-4-12-25(14-13-24)21(26)16-30-20-6-3-2-5-19(20)22(23)27/h2-3,5-10H,4,11-16H2,1H3,(H2,23,27). The van der Waals surface area contributed by atoms with E-state index < -0.39 is 15.7 Å². The zero-order chi connectivity index (χ0) is 22.4. The number of nitrogens with zero attached hydrogens (tertiary/aromatic N) is 2. The fraction of sp³-hybridized carbons (Fsp3) is 0.364. The third kappa shape index (κ3) is 6.28. The van der Waals surface area contributed by atoms with E-state index in [0.29, 0.717) is 36.8 Å². The average molecular weight is 446 g/mol. The van der Waals surface area contributed by atoms with Crippen molar-refractivity contribution in [2.75, 3.05) is 39.0 Å². The lowest BCUT2D eigenvalue weighted by molar-refractivity contribution is -0.133. The molecule has 0 unspecified atom stereocenters. The van der Waals surface area contributed by atoms with Crippen molar-refractivity contribution in [3.05, 3.63) is 59.7 Å². The minimum atomic E-state index is -3.20. The van der Waals surface area contributed by atoms with Crippen LogP contribution in [0.5, 0.6) is 5.75 Å². The molecule has 166 valence electrons. The van der Waals surface area contributed by atoms with E-state index in [0.717, 1.165) is 18.5 Å². The Bertz CT molecular complexity index is 1040. The van der Waals surface area contributed by atoms with Crippen molar-refractivity contribution in [3.63, 3.8) is 0 Å². The molecule has 0 aromatic heterocycles. The quantitative estimate of drug-likeness (QED) is 0.688. The van der Waals surface area contributed by atoms with E-state index in [4.69, 9.17) is 10.5 Å². The number of hydrogen-bond acceptors (Lipinski definition) is 6. The summed E-state index contributed by atoms with van der Waals surface area (Å²) in [5.41, 5.74) is 6.62. The molecule has 0 bridgehead atoms. The number of sulfone groups is 1. The number of ether oxygens (including phenoxy) is 1. The molecule has 1 saturated heterocycles. The topological polar surface area (TPSA) is 110 Å². The highest BCUT2D eigenvalue weighted by atomic mass is 32.2. The second kappa shape index (κ2) is 9.93. The van der Waals surface area contributed by atoms with Gasteiger partial charge in [0.25, 0.3) is 11.8 Å². The van der Waals surface area contributed by atoms with E-state index in [-0.39, 0.29) is 18.1 Å². The van der Waals surface area contributed by atoms with Gasteiger partial charge in [0, 0.05) is 39.0 Å². The van der Waals surface area contributed by atoms with Crippen LogP contribution in [0, 0.1) is 0 Å². The van der Waals surface area contributed by atoms with Crippen LogP contribution in [-0.2, 0) is 21.2 Å². The average Bonchev–Trinajstić information content (AvgIpc) is 2.97. The van der Waals surface area contributed by atoms with E-state index in [1.54, 1.807) is 41.3 Å². The second-order valence-electron chi connectivity index (χ2n) is 7.58. The minimum absolute atomic E-state index is 0.140. The Morgan fingerprint density at radius 2 is 1.71 bits per heavy atom. The molecule has 0 radical (unpaired) electrons. The Kier molecular flexibility index (Phi) is 7.29. The molecule has 1 heterocycles. The first kappa shape index (κ1) is 22.8. The first-order valence-corrected chi connectivity index (χ1v) is 11.9. The Morgan fingerprint density at radius 1 is 1.00 bits per heavy atom. The molecule has 0 saturated carbocycles. The SMILES string of the molecule is CS(=O)(=O)c1ccc(CN2CCCN(C(=O)COc3ccccc3C(N)=O)CC2)cc1. The highest BCUT2D eigenvalue weighted by Crippen LogP contribution is 2.18. The summed E-state index contributed by atoms with van der Waals surface area (Å²) >= 11 is 0. The van der Waals surface area contributed by atoms with Gasteiger partial charge in [0.2, 0.25) is 0 Å². The summed E-state index contributed by atoms with van der Waals surface area (Å²) in [6.07, 6.45) is 2.02. The van der Waals surface area contributed by atoms with Crippen LogP contribution in [0.3, 0.4) is 0 Å². The molecule has 8 nitrogen and oxygen atoms in total. The summed E-state index contributed by atoms with van der Waals surface area (Å²) in [4.78, 5) is 28.4. The number of rotatable bonds is 7. The van der Waals surface area contributed by atoms with Gasteiger partial charge in [-0.1, -0.05) is 24.3 Å². The molecule has 2 aromatic carbocycles. The van der Waals surface area contributed by atoms with Gasteiger partial charge < -0.3 is 15.4 Å². The highest BCUT2D eigenvalue weighted by Gasteiger charge is 2.20. The first-order valence-electron chi connectivity index (χ1n) is 10.0. The third-order valence-electron chi connectivity index (χ3n) is 5.20. The molecule has 0 aliphatic carbocycles. The Morgan fingerprint density at radius 3 is 2.39 bits per heavy atom. The summed E-state index contributed by atoms with van der Waals surface area (Å²) in [6.45, 7) is 3.27. The maximum Gasteiger partial charge on any atom is 0.260 e. The summed E-state index contributed by atoms with van der Waals surface area (Å²) in [5, 5.41) is 0. The molecule has 1 fully saturated rings. The van der Waals surface area contributed by atoms with Gasteiger partial charge in [0.1, 0.15) is 5.75 Å². The summed E-state index contributed by atoms with van der Waals surface area (Å²) < 4.78 is 28.7. The van der Waals surface area contributed by atoms with Crippen LogP contribution in [0.1, 0.15) is 22.3 Å². The zero-order valence-corrected chi connectivity index (χ0v) is 18.3. The van der Waals surface area contributed by atoms with Gasteiger partial charge in [-0.25, -0.2) is 8.42 Å². The van der Waals surface area contributed by atoms with Crippen molar-refractivity contribution >= 4 is 21.7 Å². The monoisotopic (exact) mass is 445 g/mol. The molecular formula is C22H27N3O5S. The molecule has 2 N–H and O–H groups in total. The van der Waals surface area contributed by atoms with Crippen molar-refractivity contribution < 1.29 is 22.7 Å². The van der Waals surface area contributed by atoms with Crippen LogP contribution in [0.25, 0.3) is 0 Å². The lowest BCUT2D eigenvalue weighted by Gasteiger charge is -2.22. The molecule has 3 rings (SSSR count). The Labute approximate surface area is 182 Å². The van der Waals surface area contributed by atoms with Crippen molar-refractivity contribution in [1.82, 2.24) is 9.80 Å². The molecule has 2 aromatic rings. The number of amides is 2. The molecule has 0 atom stereocenters. The Balaban J connectivity index is 1.52. The maximum atomic E-state index is 12.6. The first-order chi connectivity index (χ1) is 14.7. The van der Waals surface area contributed by atoms with Crippen molar-refractivity contribution in [2.24, 2.45) is 5.73 Å². The van der Waals surface area contributed by atoms with E-state index in [1.165, 1.54) is 6.26 Å². The lowest BCUT2D eigenvalue weighted by atomic mass is 10.2. The molecule has 31 heavy (non-hydrogen) atoms. The fourth-order valence-corrected chi connectivity index (χ4v) is 4.14. The molecule has 2 amide bonds. The van der Waals surface area contributed by atoms with Gasteiger partial charge in [-0.3, -0.25) is 14.5 Å². The van der Waals surface area contributed by atoms with Gasteiger partial charge in [0.05, 0.1) is 10.5 Å². The van der Waals surface area contributed by atoms with Crippen LogP contribution in [0.4, 0.5) is 0 Å². The zero-order valence-electron chi connectivity index (χ0n) is 17.5. The van der Waals surface area contributed by atoms with E-state index >= 15 is 0 Å². The number of carbonyl (C=O) groups is 2. The maximum absolute atomic E-state index is 12.6. The van der Waals surface area contributed by atoms with Crippen LogP contribution in [0.2, 0.25) is 0 Å². The van der Waals surface area contributed by atoms with E-state index in [1.807, 2.05) is 12.1 Å². The van der Waals surface area contributed by atoms with Gasteiger partial charge >= 0.3 is 0 Å². The summed E-state index contributed by atoms with van der Waals surface area (Å²) in [6, 6.07) is 13.5. The molecule has 1 aliphatic heterocycles. The number of para-hydroxylation sites is 1. The molecule has 0 spiro atoms. The second-order valence-corrected chi connectivity index (χ2v) is 9.59. The highest BCUT2D eigenvalue weighted by molar-refractivity contribution is 7.90. The van der Waals surface area contributed by atoms with Crippen LogP contribution >= 0.6 is 0 Å². The molecular weight excluding hydrogens is 418 g/mol. The predicted octanol–water partition coefficient (Wildman–Crippen LogP) is 1.30. The minimum Gasteiger partial charge on any atom is -0.483 e. The number of nitrogens with two attached hydrogens (primary N) is 1. The Hall–Kier alpha value is -2.91. The number of primary amides is 1. The van der Waals surface area contributed by atoms with Gasteiger partial charge in [-0.2, -0.15) is 0 Å². The fourth-order valence-electron chi connectivity index (χ4n) is 3.51. The van der Waals surface area contributed by atoms with Crippen LogP contribution < -0.4 is 10.5 Å². The van der Waals surface area contributed by atoms with Crippen molar-refractivity contribution in [1.29, 1.82) is 0 Å². The summed E-state index contributed by atoms with van der Waals surface area (Å²) in [7, 11) is -3.20. The third-order valence-corrected chi connectivity index (χ3v) is 6.33. The largest absolute Gasteiger partial charge is 0.483 e. The predicted molar refractivity (Wildman–Crippen MR) is 116 cm³/mol. The molecule has 1 aliphatic rings. The molecule has 9 heteroatoms. The van der Waals surface area contributed by atoms with E-state index in [9.17, 15) is 18.0 Å². The van der Waals surface area contributed by atoms with Gasteiger partial charge in [0.15, 0.2) is 16.4 Å². The van der Waals surface area contributed by atoms with Gasteiger partial charge in [-0.15, -0.1) is 0 Å². The number of benzene rings is 2. The van der Waals surface area contributed by atoms with Crippen LogP contribution in [0.15, 0.2) is 53.4 Å². The lowest BCUT2D eigenvalue weighted by Crippen LogP contribution is -2.38. The van der Waals surface area contributed by atoms with Crippen molar-refractivity contribution in [2.45, 2.75) is 17.9 Å². The van der Waals surface area contributed by atoms with Crippen molar-refractivity contribution in [3.8, 4) is 5.75 Å².